The first-order chi connectivity index (χ1) is 17.7. The number of nitrogens with zero attached hydrogens (tertiary/aromatic N) is 2. The number of halogens is 3. The third-order valence-electron chi connectivity index (χ3n) is 8.11. The Bertz CT molecular complexity index is 975. The van der Waals surface area contributed by atoms with Gasteiger partial charge in [0.2, 0.25) is 11.8 Å². The van der Waals surface area contributed by atoms with Gasteiger partial charge in [-0.15, -0.1) is 0 Å². The molecular formula is C30H37F3N2O2. The van der Waals surface area contributed by atoms with Crippen LogP contribution in [0.25, 0.3) is 0 Å². The summed E-state index contributed by atoms with van der Waals surface area (Å²) in [6, 6.07) is 16.4. The number of benzene rings is 2. The molecule has 1 aliphatic heterocycles. The van der Waals surface area contributed by atoms with Crippen LogP contribution in [0.2, 0.25) is 0 Å². The van der Waals surface area contributed by atoms with Crippen LogP contribution in [0.1, 0.15) is 68.4 Å². The van der Waals surface area contributed by atoms with Crippen LogP contribution in [-0.2, 0) is 9.59 Å². The van der Waals surface area contributed by atoms with Crippen LogP contribution >= 0.6 is 0 Å². The number of amides is 2. The number of likely N-dealkylation sites (tertiary alicyclic amines) is 1. The summed E-state index contributed by atoms with van der Waals surface area (Å²) in [6.07, 6.45) is 1.96. The molecule has 37 heavy (non-hydrogen) atoms. The van der Waals surface area contributed by atoms with Crippen LogP contribution in [-0.4, -0.2) is 54.0 Å². The van der Waals surface area contributed by atoms with Crippen LogP contribution in [0, 0.1) is 11.8 Å². The van der Waals surface area contributed by atoms with Crippen molar-refractivity contribution in [3.63, 3.8) is 0 Å². The molecule has 2 fully saturated rings. The maximum Gasteiger partial charge on any atom is 0.391 e. The van der Waals surface area contributed by atoms with Crippen molar-refractivity contribution in [2.45, 2.75) is 69.5 Å². The molecule has 1 heterocycles. The summed E-state index contributed by atoms with van der Waals surface area (Å²) in [5.74, 6) is -0.647. The molecule has 1 unspecified atom stereocenters. The summed E-state index contributed by atoms with van der Waals surface area (Å²) in [7, 11) is 1.34. The molecule has 7 heteroatoms. The fourth-order valence-corrected chi connectivity index (χ4v) is 6.05. The van der Waals surface area contributed by atoms with Crippen LogP contribution < -0.4 is 0 Å². The Morgan fingerprint density at radius 1 is 0.865 bits per heavy atom. The smallest absolute Gasteiger partial charge is 0.341 e. The number of carbonyl (C=O) groups excluding carboxylic acids is 2. The van der Waals surface area contributed by atoms with Crippen LogP contribution in [0.3, 0.4) is 0 Å². The van der Waals surface area contributed by atoms with Crippen molar-refractivity contribution in [3.05, 3.63) is 71.8 Å². The highest BCUT2D eigenvalue weighted by atomic mass is 19.4. The minimum atomic E-state index is -4.58. The zero-order valence-corrected chi connectivity index (χ0v) is 21.5. The lowest BCUT2D eigenvalue weighted by atomic mass is 9.86. The van der Waals surface area contributed by atoms with Gasteiger partial charge >= 0.3 is 6.18 Å². The summed E-state index contributed by atoms with van der Waals surface area (Å²) in [4.78, 5) is 29.9. The molecule has 2 aromatic carbocycles. The number of rotatable bonds is 8. The number of hydrogen-bond donors (Lipinski definition) is 0. The predicted octanol–water partition coefficient (Wildman–Crippen LogP) is 6.42. The molecule has 2 aliphatic rings. The molecule has 0 radical (unpaired) electrons. The molecule has 4 nitrogen and oxygen atoms in total. The van der Waals surface area contributed by atoms with Crippen molar-refractivity contribution in [2.75, 3.05) is 20.1 Å². The fraction of sp³-hybridized carbons (Fsp3) is 0.533. The highest BCUT2D eigenvalue weighted by Gasteiger charge is 2.43. The van der Waals surface area contributed by atoms with E-state index in [0.717, 1.165) is 30.1 Å². The SMILES string of the molecule is CN(C(=O)C(c1ccccc1)c1ccccc1)C(CC(F)(F)F)C(=O)N1CCC(CC2CCCC2)CC1. The molecule has 2 amide bonds. The van der Waals surface area contributed by atoms with Gasteiger partial charge in [0.25, 0.3) is 0 Å². The standard InChI is InChI=1S/C30H37F3N2O2/c1-34(29(37)27(24-12-4-2-5-13-24)25-14-6-3-7-15-25)26(21-30(31,32)33)28(36)35-18-16-23(17-19-35)20-22-10-8-9-11-22/h2-7,12-15,22-23,26-27H,8-11,16-21H2,1H3. The molecule has 200 valence electrons. The molecule has 1 aliphatic carbocycles. The predicted molar refractivity (Wildman–Crippen MR) is 138 cm³/mol. The summed E-state index contributed by atoms with van der Waals surface area (Å²) >= 11 is 0. The van der Waals surface area contributed by atoms with Crippen molar-refractivity contribution in [1.82, 2.24) is 9.80 Å². The molecule has 1 saturated carbocycles. The maximum atomic E-state index is 13.8. The van der Waals surface area contributed by atoms with E-state index in [1.807, 2.05) is 12.1 Å². The molecule has 0 bridgehead atoms. The number of carbonyl (C=O) groups is 2. The molecule has 0 spiro atoms. The maximum absolute atomic E-state index is 13.8. The zero-order valence-electron chi connectivity index (χ0n) is 21.5. The first-order valence-electron chi connectivity index (χ1n) is 13.4. The Hall–Kier alpha value is -2.83. The van der Waals surface area contributed by atoms with Crippen molar-refractivity contribution in [3.8, 4) is 0 Å². The molecule has 0 N–H and O–H groups in total. The third kappa shape index (κ3) is 7.14. The summed E-state index contributed by atoms with van der Waals surface area (Å²) in [6.45, 7) is 0.904. The fourth-order valence-electron chi connectivity index (χ4n) is 6.05. The van der Waals surface area contributed by atoms with Gasteiger partial charge in [-0.3, -0.25) is 9.59 Å². The first-order valence-corrected chi connectivity index (χ1v) is 13.4. The lowest BCUT2D eigenvalue weighted by Gasteiger charge is -2.38. The Morgan fingerprint density at radius 2 is 1.35 bits per heavy atom. The molecular weight excluding hydrogens is 477 g/mol. The van der Waals surface area contributed by atoms with Gasteiger partial charge < -0.3 is 9.80 Å². The van der Waals surface area contributed by atoms with E-state index in [2.05, 4.69) is 0 Å². The van der Waals surface area contributed by atoms with Crippen molar-refractivity contribution in [2.24, 2.45) is 11.8 Å². The highest BCUT2D eigenvalue weighted by Crippen LogP contribution is 2.35. The van der Waals surface area contributed by atoms with Gasteiger partial charge in [-0.05, 0) is 42.2 Å². The van der Waals surface area contributed by atoms with Crippen molar-refractivity contribution in [1.29, 1.82) is 0 Å². The lowest BCUT2D eigenvalue weighted by Crippen LogP contribution is -2.53. The Kier molecular flexibility index (Phi) is 8.93. The Labute approximate surface area is 217 Å². The van der Waals surface area contributed by atoms with E-state index in [1.54, 1.807) is 53.4 Å². The average Bonchev–Trinajstić information content (AvgIpc) is 3.41. The largest absolute Gasteiger partial charge is 0.391 e. The van der Waals surface area contributed by atoms with E-state index in [4.69, 9.17) is 0 Å². The topological polar surface area (TPSA) is 40.6 Å². The monoisotopic (exact) mass is 514 g/mol. The molecule has 1 saturated heterocycles. The van der Waals surface area contributed by atoms with E-state index < -0.39 is 36.4 Å². The van der Waals surface area contributed by atoms with Crippen LogP contribution in [0.15, 0.2) is 60.7 Å². The van der Waals surface area contributed by atoms with E-state index in [-0.39, 0.29) is 0 Å². The van der Waals surface area contributed by atoms with Crippen molar-refractivity contribution >= 4 is 11.8 Å². The molecule has 4 rings (SSSR count). The minimum absolute atomic E-state index is 0.452. The Balaban J connectivity index is 1.51. The second-order valence-electron chi connectivity index (χ2n) is 10.7. The van der Waals surface area contributed by atoms with Gasteiger partial charge in [-0.2, -0.15) is 13.2 Å². The number of hydrogen-bond acceptors (Lipinski definition) is 2. The van der Waals surface area contributed by atoms with E-state index in [9.17, 15) is 22.8 Å². The van der Waals surface area contributed by atoms with Gasteiger partial charge in [-0.25, -0.2) is 0 Å². The molecule has 2 aromatic rings. The quantitative estimate of drug-likeness (QED) is 0.408. The van der Waals surface area contributed by atoms with Crippen LogP contribution in [0.5, 0.6) is 0 Å². The lowest BCUT2D eigenvalue weighted by molar-refractivity contribution is -0.166. The highest BCUT2D eigenvalue weighted by molar-refractivity contribution is 5.92. The van der Waals surface area contributed by atoms with Gasteiger partial charge in [0, 0.05) is 20.1 Å². The van der Waals surface area contributed by atoms with E-state index >= 15 is 0 Å². The second kappa shape index (κ2) is 12.1. The van der Waals surface area contributed by atoms with Crippen molar-refractivity contribution < 1.29 is 22.8 Å². The summed E-state index contributed by atoms with van der Waals surface area (Å²) in [5, 5.41) is 0. The van der Waals surface area contributed by atoms with Crippen LogP contribution in [0.4, 0.5) is 13.2 Å². The number of likely N-dealkylation sites (N-methyl/N-ethyl adjacent to an activating group) is 1. The first kappa shape index (κ1) is 27.2. The summed E-state index contributed by atoms with van der Waals surface area (Å²) in [5.41, 5.74) is 1.35. The van der Waals surface area contributed by atoms with E-state index in [1.165, 1.54) is 32.7 Å². The number of alkyl halides is 3. The average molecular weight is 515 g/mol. The van der Waals surface area contributed by atoms with E-state index in [0.29, 0.717) is 30.1 Å². The normalized spacial score (nSPS) is 18.2. The third-order valence-corrected chi connectivity index (χ3v) is 8.11. The summed E-state index contributed by atoms with van der Waals surface area (Å²) < 4.78 is 41.1. The second-order valence-corrected chi connectivity index (χ2v) is 10.7. The van der Waals surface area contributed by atoms with Gasteiger partial charge in [-0.1, -0.05) is 86.3 Å². The minimum Gasteiger partial charge on any atom is -0.341 e. The number of piperidine rings is 1. The zero-order chi connectivity index (χ0) is 26.4. The van der Waals surface area contributed by atoms with Gasteiger partial charge in [0.15, 0.2) is 0 Å². The Morgan fingerprint density at radius 3 is 1.84 bits per heavy atom. The van der Waals surface area contributed by atoms with Gasteiger partial charge in [0.1, 0.15) is 6.04 Å². The molecule has 0 aromatic heterocycles. The molecule has 1 atom stereocenters. The van der Waals surface area contributed by atoms with Gasteiger partial charge in [0.05, 0.1) is 12.3 Å².